The number of nitrogens with zero attached hydrogens (tertiary/aromatic N) is 1. The smallest absolute Gasteiger partial charge is 0.417 e. The molecule has 1 aromatic carbocycles. The van der Waals surface area contributed by atoms with E-state index in [1.807, 2.05) is 0 Å². The summed E-state index contributed by atoms with van der Waals surface area (Å²) in [6.07, 6.45) is -4.33. The standard InChI is InChI=1S/C13H10BrF3NO4P/c14-10-3-8(7-23(19,20)21)4-11(5-10)22-12-2-1-9(6-18-12)13(15,16)17/h1-6H,7H2,(H2,19,20,21). The van der Waals surface area contributed by atoms with Crippen molar-refractivity contribution in [1.82, 2.24) is 4.98 Å². The maximum atomic E-state index is 12.4. The van der Waals surface area contributed by atoms with Gasteiger partial charge in [0.1, 0.15) is 5.75 Å². The Morgan fingerprint density at radius 3 is 2.43 bits per heavy atom. The zero-order valence-corrected chi connectivity index (χ0v) is 13.8. The molecule has 23 heavy (non-hydrogen) atoms. The summed E-state index contributed by atoms with van der Waals surface area (Å²) >= 11 is 3.17. The lowest BCUT2D eigenvalue weighted by atomic mass is 10.2. The summed E-state index contributed by atoms with van der Waals surface area (Å²) in [6.45, 7) is 0. The first-order chi connectivity index (χ1) is 10.5. The van der Waals surface area contributed by atoms with E-state index in [0.29, 0.717) is 16.2 Å². The first kappa shape index (κ1) is 17.9. The van der Waals surface area contributed by atoms with Crippen molar-refractivity contribution >= 4 is 23.5 Å². The topological polar surface area (TPSA) is 79.7 Å². The van der Waals surface area contributed by atoms with Crippen LogP contribution in [0.15, 0.2) is 41.0 Å². The van der Waals surface area contributed by atoms with Crippen molar-refractivity contribution in [3.05, 3.63) is 52.1 Å². The molecule has 10 heteroatoms. The Morgan fingerprint density at radius 1 is 1.22 bits per heavy atom. The van der Waals surface area contributed by atoms with Gasteiger partial charge in [-0.05, 0) is 29.8 Å². The van der Waals surface area contributed by atoms with Crippen LogP contribution in [0.2, 0.25) is 0 Å². The molecule has 2 rings (SSSR count). The van der Waals surface area contributed by atoms with E-state index >= 15 is 0 Å². The number of halogens is 4. The lowest BCUT2D eigenvalue weighted by molar-refractivity contribution is -0.137. The molecule has 0 aliphatic carbocycles. The van der Waals surface area contributed by atoms with Crippen molar-refractivity contribution in [3.8, 4) is 11.6 Å². The predicted octanol–water partition coefficient (Wildman–Crippen LogP) is 4.33. The van der Waals surface area contributed by atoms with Crippen LogP contribution >= 0.6 is 23.5 Å². The molecule has 2 aromatic rings. The van der Waals surface area contributed by atoms with E-state index < -0.39 is 25.5 Å². The summed E-state index contributed by atoms with van der Waals surface area (Å²) in [6, 6.07) is 6.28. The van der Waals surface area contributed by atoms with Gasteiger partial charge in [0.2, 0.25) is 5.88 Å². The van der Waals surface area contributed by atoms with E-state index in [1.165, 1.54) is 18.2 Å². The Balaban J connectivity index is 2.21. The average molecular weight is 412 g/mol. The first-order valence-corrected chi connectivity index (χ1v) is 8.67. The fourth-order valence-corrected chi connectivity index (χ4v) is 2.92. The number of ether oxygens (including phenoxy) is 1. The van der Waals surface area contributed by atoms with Gasteiger partial charge in [0.15, 0.2) is 0 Å². The van der Waals surface area contributed by atoms with Crippen LogP contribution in [0.1, 0.15) is 11.1 Å². The van der Waals surface area contributed by atoms with Crippen molar-refractivity contribution in [2.45, 2.75) is 12.3 Å². The highest BCUT2D eigenvalue weighted by Gasteiger charge is 2.30. The van der Waals surface area contributed by atoms with Gasteiger partial charge >= 0.3 is 13.8 Å². The summed E-state index contributed by atoms with van der Waals surface area (Å²) in [4.78, 5) is 21.5. The number of alkyl halides is 3. The van der Waals surface area contributed by atoms with Gasteiger partial charge in [-0.2, -0.15) is 13.2 Å². The van der Waals surface area contributed by atoms with Crippen LogP contribution in [-0.4, -0.2) is 14.8 Å². The number of pyridine rings is 1. The maximum absolute atomic E-state index is 12.4. The molecule has 0 radical (unpaired) electrons. The minimum atomic E-state index is -4.49. The molecule has 0 spiro atoms. The molecule has 2 N–H and O–H groups in total. The minimum Gasteiger partial charge on any atom is -0.439 e. The highest BCUT2D eigenvalue weighted by molar-refractivity contribution is 9.10. The summed E-state index contributed by atoms with van der Waals surface area (Å²) in [5.74, 6) is 0.119. The number of benzene rings is 1. The number of hydrogen-bond donors (Lipinski definition) is 2. The molecule has 0 amide bonds. The molecule has 0 fully saturated rings. The van der Waals surface area contributed by atoms with Crippen LogP contribution in [0, 0.1) is 0 Å². The summed E-state index contributed by atoms with van der Waals surface area (Å²) in [7, 11) is -4.25. The number of aromatic nitrogens is 1. The molecule has 0 unspecified atom stereocenters. The first-order valence-electron chi connectivity index (χ1n) is 6.08. The normalized spacial score (nSPS) is 12.3. The highest BCUT2D eigenvalue weighted by atomic mass is 79.9. The lowest BCUT2D eigenvalue weighted by Gasteiger charge is -2.10. The van der Waals surface area contributed by atoms with E-state index in [1.54, 1.807) is 0 Å². The summed E-state index contributed by atoms with van der Waals surface area (Å²) < 4.78 is 54.2. The van der Waals surface area contributed by atoms with Gasteiger partial charge in [0, 0.05) is 16.7 Å². The average Bonchev–Trinajstić information content (AvgIpc) is 2.35. The summed E-state index contributed by atoms with van der Waals surface area (Å²) in [5, 5.41) is 0. The maximum Gasteiger partial charge on any atom is 0.417 e. The molecule has 0 saturated carbocycles. The highest BCUT2D eigenvalue weighted by Crippen LogP contribution is 2.40. The molecule has 0 atom stereocenters. The van der Waals surface area contributed by atoms with Crippen LogP contribution in [0.25, 0.3) is 0 Å². The van der Waals surface area contributed by atoms with Crippen molar-refractivity contribution in [2.75, 3.05) is 0 Å². The Bertz CT molecular complexity index is 746. The van der Waals surface area contributed by atoms with Crippen LogP contribution in [0.4, 0.5) is 13.2 Å². The Labute approximate surface area is 137 Å². The van der Waals surface area contributed by atoms with Gasteiger partial charge in [0.05, 0.1) is 11.7 Å². The Kier molecular flexibility index (Phi) is 5.15. The van der Waals surface area contributed by atoms with Gasteiger partial charge in [0.25, 0.3) is 0 Å². The van der Waals surface area contributed by atoms with Gasteiger partial charge in [-0.1, -0.05) is 15.9 Å². The van der Waals surface area contributed by atoms with Gasteiger partial charge in [-0.25, -0.2) is 4.98 Å². The molecule has 0 aliphatic heterocycles. The van der Waals surface area contributed by atoms with E-state index in [9.17, 15) is 17.7 Å². The third kappa shape index (κ3) is 5.62. The largest absolute Gasteiger partial charge is 0.439 e. The number of hydrogen-bond acceptors (Lipinski definition) is 3. The summed E-state index contributed by atoms with van der Waals surface area (Å²) in [5.41, 5.74) is -0.587. The zero-order chi connectivity index (χ0) is 17.3. The van der Waals surface area contributed by atoms with Gasteiger partial charge in [-0.3, -0.25) is 4.57 Å². The van der Waals surface area contributed by atoms with Crippen LogP contribution < -0.4 is 4.74 Å². The number of rotatable bonds is 4. The van der Waals surface area contributed by atoms with Crippen molar-refractivity contribution in [2.24, 2.45) is 0 Å². The molecular weight excluding hydrogens is 402 g/mol. The van der Waals surface area contributed by atoms with Crippen LogP contribution in [-0.2, 0) is 16.9 Å². The van der Waals surface area contributed by atoms with Crippen molar-refractivity contribution < 1.29 is 32.3 Å². The molecule has 5 nitrogen and oxygen atoms in total. The van der Waals surface area contributed by atoms with Crippen LogP contribution in [0.5, 0.6) is 11.6 Å². The van der Waals surface area contributed by atoms with E-state index in [-0.39, 0.29) is 11.6 Å². The van der Waals surface area contributed by atoms with E-state index in [0.717, 1.165) is 12.1 Å². The van der Waals surface area contributed by atoms with Gasteiger partial charge < -0.3 is 14.5 Å². The van der Waals surface area contributed by atoms with Crippen molar-refractivity contribution in [1.29, 1.82) is 0 Å². The van der Waals surface area contributed by atoms with E-state index in [2.05, 4.69) is 20.9 Å². The predicted molar refractivity (Wildman–Crippen MR) is 79.2 cm³/mol. The SMILES string of the molecule is O=P(O)(O)Cc1cc(Br)cc(Oc2ccc(C(F)(F)F)cn2)c1. The molecular formula is C13H10BrF3NO4P. The van der Waals surface area contributed by atoms with Gasteiger partial charge in [-0.15, -0.1) is 0 Å². The van der Waals surface area contributed by atoms with E-state index in [4.69, 9.17) is 14.5 Å². The third-order valence-electron chi connectivity index (χ3n) is 2.61. The molecule has 0 bridgehead atoms. The second-order valence-corrected chi connectivity index (χ2v) is 7.16. The molecule has 1 heterocycles. The van der Waals surface area contributed by atoms with Crippen molar-refractivity contribution in [3.63, 3.8) is 0 Å². The second kappa shape index (κ2) is 6.60. The lowest BCUT2D eigenvalue weighted by Crippen LogP contribution is -2.05. The fraction of sp³-hybridized carbons (Fsp3) is 0.154. The quantitative estimate of drug-likeness (QED) is 0.731. The molecule has 0 aliphatic rings. The fourth-order valence-electron chi connectivity index (χ4n) is 1.74. The Morgan fingerprint density at radius 2 is 1.91 bits per heavy atom. The van der Waals surface area contributed by atoms with Crippen LogP contribution in [0.3, 0.4) is 0 Å². The second-order valence-electron chi connectivity index (χ2n) is 4.60. The molecule has 124 valence electrons. The Hall–Kier alpha value is -1.41. The third-order valence-corrected chi connectivity index (χ3v) is 3.84. The zero-order valence-electron chi connectivity index (χ0n) is 11.3. The minimum absolute atomic E-state index is 0.0711. The monoisotopic (exact) mass is 411 g/mol. The molecule has 0 saturated heterocycles. The molecule has 1 aromatic heterocycles.